The zero-order chi connectivity index (χ0) is 49.1. The Morgan fingerprint density at radius 3 is 2.36 bits per heavy atom. The van der Waals surface area contributed by atoms with Crippen molar-refractivity contribution in [3.8, 4) is 0 Å². The summed E-state index contributed by atoms with van der Waals surface area (Å²) in [5, 5.41) is 67.9. The van der Waals surface area contributed by atoms with E-state index in [4.69, 9.17) is 28.4 Å². The smallest absolute Gasteiger partial charge is 0.311 e. The summed E-state index contributed by atoms with van der Waals surface area (Å²) in [4.78, 5) is 22.1. The van der Waals surface area contributed by atoms with Crippen molar-refractivity contribution in [1.29, 1.82) is 0 Å². The Bertz CT molecular complexity index is 1860. The maximum absolute atomic E-state index is 14.4. The molecule has 3 saturated heterocycles. The lowest BCUT2D eigenvalue weighted by molar-refractivity contribution is -0.318. The number of hydrogen-bond donors (Lipinski definition) is 5. The third kappa shape index (κ3) is 12.5. The largest absolute Gasteiger partial charge is 0.459 e. The van der Waals surface area contributed by atoms with Gasteiger partial charge in [0.2, 0.25) is 5.95 Å². The molecule has 3 aliphatic rings. The fourth-order valence-corrected chi connectivity index (χ4v) is 10.4. The highest BCUT2D eigenvalue weighted by atomic mass is 19.1. The quantitative estimate of drug-likeness (QED) is 0.152. The molecular weight excluding hydrogens is 860 g/mol. The summed E-state index contributed by atoms with van der Waals surface area (Å²) in [5.41, 5.74) is -3.47. The molecule has 0 amide bonds. The van der Waals surface area contributed by atoms with Gasteiger partial charge in [-0.25, -0.2) is 9.67 Å². The van der Waals surface area contributed by atoms with Crippen LogP contribution < -0.4 is 0 Å². The normalized spacial score (nSPS) is 41.6. The topological polar surface area (TPSA) is 224 Å². The summed E-state index contributed by atoms with van der Waals surface area (Å²) in [6, 6.07) is 2.28. The molecule has 376 valence electrons. The Labute approximate surface area is 390 Å². The summed E-state index contributed by atoms with van der Waals surface area (Å²) in [6.07, 6.45) is -5.57. The molecule has 3 fully saturated rings. The zero-order valence-electron chi connectivity index (χ0n) is 41.3. The van der Waals surface area contributed by atoms with Gasteiger partial charge in [0.25, 0.3) is 0 Å². The Morgan fingerprint density at radius 2 is 1.71 bits per heavy atom. The molecule has 0 saturated carbocycles. The molecule has 66 heavy (non-hydrogen) atoms. The van der Waals surface area contributed by atoms with Gasteiger partial charge in [0, 0.05) is 69.0 Å². The molecule has 2 aromatic heterocycles. The Hall–Kier alpha value is -2.79. The summed E-state index contributed by atoms with van der Waals surface area (Å²) < 4.78 is 53.9. The van der Waals surface area contributed by atoms with Crippen LogP contribution in [0.25, 0.3) is 0 Å². The van der Waals surface area contributed by atoms with E-state index in [1.54, 1.807) is 71.5 Å². The van der Waals surface area contributed by atoms with Gasteiger partial charge in [-0.05, 0) is 93.8 Å². The molecule has 18 nitrogen and oxygen atoms in total. The highest BCUT2D eigenvalue weighted by Crippen LogP contribution is 2.40. The van der Waals surface area contributed by atoms with Crippen LogP contribution in [0.15, 0.2) is 24.5 Å². The molecule has 5 rings (SSSR count). The van der Waals surface area contributed by atoms with E-state index in [0.717, 1.165) is 0 Å². The number of cyclic esters (lactones) is 1. The first-order valence-corrected chi connectivity index (χ1v) is 23.6. The van der Waals surface area contributed by atoms with Crippen molar-refractivity contribution in [3.05, 3.63) is 41.7 Å². The van der Waals surface area contributed by atoms with Crippen LogP contribution in [-0.2, 0) is 46.2 Å². The van der Waals surface area contributed by atoms with E-state index in [-0.39, 0.29) is 37.8 Å². The van der Waals surface area contributed by atoms with Crippen molar-refractivity contribution in [2.24, 2.45) is 17.8 Å². The third-order valence-corrected chi connectivity index (χ3v) is 14.6. The second kappa shape index (κ2) is 22.3. The number of esters is 1. The fourth-order valence-electron chi connectivity index (χ4n) is 10.4. The molecule has 5 N–H and O–H groups in total. The number of aliphatic hydroxyl groups is 5. The summed E-state index contributed by atoms with van der Waals surface area (Å²) in [7, 11) is 5.22. The SMILES string of the molecule is CC[C@H]1OC(=O)[C@H](C)[C@@H](O[C@H]2C[C@@](C)(OC)[C@@H](O)[C@H](C)O2)[C@H](C)[C@@H](O[C@@H]2O[C@H](C)C[C@H](N(C)CCc3cn(Cc4cccnc4F)nn3)[C@H]2O)[C@](C)(O)C[C@@H](C)CN(C)[C@H](C)[C@@H](O)[C@]1(C)O. The molecule has 2 aromatic rings. The molecule has 5 heterocycles. The number of hydrogen-bond acceptors (Lipinski definition) is 17. The molecule has 19 heteroatoms. The van der Waals surface area contributed by atoms with E-state index >= 15 is 0 Å². The van der Waals surface area contributed by atoms with Crippen LogP contribution in [0.1, 0.15) is 106 Å². The number of carbonyl (C=O) groups is 1. The minimum Gasteiger partial charge on any atom is -0.459 e. The van der Waals surface area contributed by atoms with E-state index in [9.17, 15) is 34.7 Å². The van der Waals surface area contributed by atoms with Gasteiger partial charge < -0.3 is 63.8 Å². The van der Waals surface area contributed by atoms with E-state index in [2.05, 4.69) is 15.3 Å². The van der Waals surface area contributed by atoms with Gasteiger partial charge in [0.15, 0.2) is 12.6 Å². The zero-order valence-corrected chi connectivity index (χ0v) is 41.3. The predicted molar refractivity (Wildman–Crippen MR) is 240 cm³/mol. The van der Waals surface area contributed by atoms with Crippen molar-refractivity contribution in [2.45, 2.75) is 198 Å². The Kier molecular flexibility index (Phi) is 18.3. The molecule has 3 aliphatic heterocycles. The monoisotopic (exact) mass is 939 g/mol. The number of rotatable bonds is 12. The Morgan fingerprint density at radius 1 is 1.02 bits per heavy atom. The molecule has 0 aromatic carbocycles. The summed E-state index contributed by atoms with van der Waals surface area (Å²) in [5.74, 6) is -3.38. The molecule has 0 bridgehead atoms. The molecule has 0 unspecified atom stereocenters. The first-order valence-electron chi connectivity index (χ1n) is 23.6. The Balaban J connectivity index is 1.46. The number of halogens is 1. The number of methoxy groups -OCH3 is 1. The van der Waals surface area contributed by atoms with Crippen LogP contribution >= 0.6 is 0 Å². The molecule has 0 radical (unpaired) electrons. The van der Waals surface area contributed by atoms with Gasteiger partial charge in [-0.1, -0.05) is 32.1 Å². The number of likely N-dealkylation sites (N-methyl/N-ethyl adjacent to an activating group) is 2. The van der Waals surface area contributed by atoms with Crippen LogP contribution in [-0.4, -0.2) is 186 Å². The molecule has 0 spiro atoms. The molecule has 18 atom stereocenters. The fraction of sp³-hybridized carbons (Fsp3) is 0.830. The number of ether oxygens (including phenoxy) is 6. The first kappa shape index (κ1) is 54.2. The number of nitrogens with zero attached hydrogens (tertiary/aromatic N) is 6. The molecule has 0 aliphatic carbocycles. The van der Waals surface area contributed by atoms with E-state index < -0.39 is 108 Å². The molecular formula is C47H79FN6O12. The third-order valence-electron chi connectivity index (χ3n) is 14.6. The average molecular weight is 939 g/mol. The lowest BCUT2D eigenvalue weighted by Crippen LogP contribution is -2.61. The second-order valence-corrected chi connectivity index (χ2v) is 20.3. The minimum atomic E-state index is -1.84. The van der Waals surface area contributed by atoms with Crippen LogP contribution in [0.5, 0.6) is 0 Å². The van der Waals surface area contributed by atoms with Crippen molar-refractivity contribution in [2.75, 3.05) is 34.3 Å². The average Bonchev–Trinajstić information content (AvgIpc) is 3.71. The number of carbonyl (C=O) groups excluding carboxylic acids is 1. The van der Waals surface area contributed by atoms with Crippen LogP contribution in [0.4, 0.5) is 4.39 Å². The lowest BCUT2D eigenvalue weighted by atomic mass is 9.77. The van der Waals surface area contributed by atoms with Crippen LogP contribution in [0, 0.1) is 23.7 Å². The number of pyridine rings is 1. The highest BCUT2D eigenvalue weighted by molar-refractivity contribution is 5.73. The van der Waals surface area contributed by atoms with E-state index in [1.165, 1.54) is 20.2 Å². The van der Waals surface area contributed by atoms with Crippen LogP contribution in [0.2, 0.25) is 0 Å². The van der Waals surface area contributed by atoms with E-state index in [1.807, 2.05) is 37.7 Å². The predicted octanol–water partition coefficient (Wildman–Crippen LogP) is 2.69. The lowest BCUT2D eigenvalue weighted by Gasteiger charge is -2.49. The van der Waals surface area contributed by atoms with Crippen molar-refractivity contribution < 1.29 is 63.1 Å². The van der Waals surface area contributed by atoms with Gasteiger partial charge in [-0.3, -0.25) is 4.79 Å². The van der Waals surface area contributed by atoms with Gasteiger partial charge in [-0.15, -0.1) is 5.10 Å². The van der Waals surface area contributed by atoms with Crippen LogP contribution in [0.3, 0.4) is 0 Å². The standard InChI is InChI=1S/C47H79FN6O12/c1-14-35-47(10,60)39(56)30(6)53(12)23-26(2)21-45(8,59)41(28(4)38(29(5)43(58)64-35)65-36-22-46(9,61-13)40(57)31(7)63-36)66-44-37(55)34(20-27(3)62-44)52(11)19-17-33-25-54(51-50-33)24-32-16-15-18-49-42(32)48/h15-16,18,25-31,34-41,44,55-57,59-60H,14,17,19-24H2,1-13H3/t26-,27-,28+,29-,30-,31+,34+,35-,36+,37-,38+,39-,40+,41-,44+,45-,46-,47-/m1/s1. The number of aliphatic hydroxyl groups excluding tert-OH is 3. The summed E-state index contributed by atoms with van der Waals surface area (Å²) >= 11 is 0. The van der Waals surface area contributed by atoms with Gasteiger partial charge in [0.1, 0.15) is 30.0 Å². The van der Waals surface area contributed by atoms with Crippen molar-refractivity contribution >= 4 is 5.97 Å². The second-order valence-electron chi connectivity index (χ2n) is 20.3. The maximum Gasteiger partial charge on any atom is 0.311 e. The first-order chi connectivity index (χ1) is 30.8. The van der Waals surface area contributed by atoms with Gasteiger partial charge in [-0.2, -0.15) is 4.39 Å². The van der Waals surface area contributed by atoms with Gasteiger partial charge >= 0.3 is 5.97 Å². The summed E-state index contributed by atoms with van der Waals surface area (Å²) in [6.45, 7) is 18.5. The van der Waals surface area contributed by atoms with E-state index in [0.29, 0.717) is 37.2 Å². The van der Waals surface area contributed by atoms with Crippen molar-refractivity contribution in [1.82, 2.24) is 29.8 Å². The highest BCUT2D eigenvalue weighted by Gasteiger charge is 2.53. The number of aromatic nitrogens is 4. The van der Waals surface area contributed by atoms with Gasteiger partial charge in [0.05, 0.1) is 53.8 Å². The van der Waals surface area contributed by atoms with Crippen molar-refractivity contribution in [3.63, 3.8) is 0 Å². The minimum absolute atomic E-state index is 0.0942. The maximum atomic E-state index is 14.4.